The van der Waals surface area contributed by atoms with E-state index in [4.69, 9.17) is 54.8 Å². The third-order valence-corrected chi connectivity index (χ3v) is 0.463. The standard InChI is InChI=1S/2C2HF3O2.3Cu.2H2O4S/c2*3-2(4,5)1(6)7;;;;2*1-5(2,3)4/h2*(H,6,7);;;;2*(H2,1,2,3,4)/q;;3*+2;;/p-6. The molecular weight excluding hydrogens is 609 g/mol. The van der Waals surface area contributed by atoms with Gasteiger partial charge in [-0.05, 0) is 0 Å². The van der Waals surface area contributed by atoms with Crippen LogP contribution < -0.4 is 10.2 Å². The Morgan fingerprint density at radius 2 is 0.593 bits per heavy atom. The minimum atomic E-state index is -5.19. The minimum absolute atomic E-state index is 0. The molecule has 0 fully saturated rings. The maximum atomic E-state index is 10.5. The van der Waals surface area contributed by atoms with E-state index in [1.165, 1.54) is 0 Å². The molecule has 27 heavy (non-hydrogen) atoms. The summed E-state index contributed by atoms with van der Waals surface area (Å²) in [5.41, 5.74) is 0. The first-order valence-electron chi connectivity index (χ1n) is 3.78. The fourth-order valence-electron chi connectivity index (χ4n) is 0. The first-order chi connectivity index (χ1) is 9.89. The summed E-state index contributed by atoms with van der Waals surface area (Å²) in [5.74, 6) is -6.01. The Morgan fingerprint density at radius 3 is 0.593 bits per heavy atom. The van der Waals surface area contributed by atoms with Gasteiger partial charge in [0.05, 0.1) is 0 Å². The summed E-state index contributed by atoms with van der Waals surface area (Å²) >= 11 is 0. The fourth-order valence-corrected chi connectivity index (χ4v) is 0. The van der Waals surface area contributed by atoms with E-state index in [1.54, 1.807) is 0 Å². The number of alkyl halides is 6. The smallest absolute Gasteiger partial charge is 0.759 e. The van der Waals surface area contributed by atoms with Crippen molar-refractivity contribution in [2.75, 3.05) is 0 Å². The van der Waals surface area contributed by atoms with Crippen molar-refractivity contribution >= 4 is 32.7 Å². The number of carboxylic acids is 2. The average Bonchev–Trinajstić information content (AvgIpc) is 2.08. The van der Waals surface area contributed by atoms with Gasteiger partial charge in [-0.1, -0.05) is 0 Å². The number of carboxylic acid groups (broad SMARTS) is 2. The molecule has 0 aromatic rings. The van der Waals surface area contributed by atoms with Crippen LogP contribution >= 0.6 is 0 Å². The molecule has 0 rings (SSSR count). The summed E-state index contributed by atoms with van der Waals surface area (Å²) in [7, 11) is -10.3. The second-order valence-corrected chi connectivity index (χ2v) is 4.02. The van der Waals surface area contributed by atoms with Crippen LogP contribution in [0.3, 0.4) is 0 Å². The molecule has 0 spiro atoms. The fraction of sp³-hybridized carbons (Fsp3) is 0.500. The van der Waals surface area contributed by atoms with Crippen LogP contribution in [0.5, 0.6) is 0 Å². The molecule has 0 amide bonds. The molecule has 12 nitrogen and oxygen atoms in total. The van der Waals surface area contributed by atoms with Crippen LogP contribution in [0, 0.1) is 0 Å². The van der Waals surface area contributed by atoms with Gasteiger partial charge in [0.1, 0.15) is 11.9 Å². The van der Waals surface area contributed by atoms with Gasteiger partial charge in [0.15, 0.2) is 0 Å². The molecule has 0 aromatic heterocycles. The Bertz CT molecular complexity index is 528. The van der Waals surface area contributed by atoms with E-state index < -0.39 is 45.1 Å². The number of hydrogen-bond donors (Lipinski definition) is 0. The van der Waals surface area contributed by atoms with E-state index in [1.807, 2.05) is 0 Å². The van der Waals surface area contributed by atoms with E-state index in [0.29, 0.717) is 0 Å². The largest absolute Gasteiger partial charge is 2.00 e. The van der Waals surface area contributed by atoms with Crippen molar-refractivity contribution in [1.29, 1.82) is 0 Å². The van der Waals surface area contributed by atoms with Gasteiger partial charge in [-0.25, -0.2) is 0 Å². The monoisotopic (exact) mass is 607 g/mol. The zero-order valence-corrected chi connectivity index (χ0v) is 15.3. The molecular formula is C4Cu3F6O12S2. The molecule has 0 unspecified atom stereocenters. The second-order valence-electron chi connectivity index (χ2n) is 2.39. The third kappa shape index (κ3) is 105. The van der Waals surface area contributed by atoms with E-state index in [0.717, 1.165) is 0 Å². The maximum absolute atomic E-state index is 10.5. The van der Waals surface area contributed by atoms with Crippen molar-refractivity contribution in [1.82, 2.24) is 0 Å². The molecule has 0 saturated heterocycles. The average molecular weight is 609 g/mol. The zero-order valence-electron chi connectivity index (χ0n) is 10.9. The van der Waals surface area contributed by atoms with Gasteiger partial charge in [0, 0.05) is 20.8 Å². The van der Waals surface area contributed by atoms with Crippen LogP contribution in [0.25, 0.3) is 0 Å². The molecule has 3 radical (unpaired) electrons. The SMILES string of the molecule is O=C([O-])C(F)(F)F.O=C([O-])C(F)(F)F.O=S(=O)([O-])[O-].O=S(=O)([O-])[O-].[Cu+2].[Cu+2].[Cu+2]. The maximum Gasteiger partial charge on any atom is 2.00 e. The predicted molar refractivity (Wildman–Crippen MR) is 43.1 cm³/mol. The molecule has 0 heterocycles. The van der Waals surface area contributed by atoms with E-state index in [-0.39, 0.29) is 51.2 Å². The van der Waals surface area contributed by atoms with Crippen LogP contribution in [-0.2, 0) is 81.6 Å². The molecule has 23 heteroatoms. The molecule has 0 aromatic carbocycles. The number of carbonyl (C=O) groups is 2. The van der Waals surface area contributed by atoms with Crippen molar-refractivity contribution in [2.24, 2.45) is 0 Å². The summed E-state index contributed by atoms with van der Waals surface area (Å²) in [5, 5.41) is 17.6. The summed E-state index contributed by atoms with van der Waals surface area (Å²) in [6, 6.07) is 0. The van der Waals surface area contributed by atoms with Gasteiger partial charge < -0.3 is 38.0 Å². The number of halogens is 6. The van der Waals surface area contributed by atoms with Gasteiger partial charge in [0.2, 0.25) is 0 Å². The summed E-state index contributed by atoms with van der Waals surface area (Å²) < 4.78 is 131. The van der Waals surface area contributed by atoms with Crippen LogP contribution in [0.15, 0.2) is 0 Å². The Kier molecular flexibility index (Phi) is 30.2. The first kappa shape index (κ1) is 45.5. The van der Waals surface area contributed by atoms with Crippen molar-refractivity contribution < 1.29 is 132 Å². The van der Waals surface area contributed by atoms with E-state index in [9.17, 15) is 26.3 Å². The van der Waals surface area contributed by atoms with Gasteiger partial charge in [-0.2, -0.15) is 26.3 Å². The molecule has 0 bridgehead atoms. The Labute approximate surface area is 177 Å². The number of aliphatic carboxylic acids is 2. The summed E-state index contributed by atoms with van der Waals surface area (Å²) in [6.45, 7) is 0. The number of carbonyl (C=O) groups excluding carboxylic acids is 2. The number of rotatable bonds is 0. The quantitative estimate of drug-likeness (QED) is 0.110. The van der Waals surface area contributed by atoms with E-state index in [2.05, 4.69) is 0 Å². The Hall–Kier alpha value is -0.182. The molecule has 0 atom stereocenters. The third-order valence-electron chi connectivity index (χ3n) is 0.463. The van der Waals surface area contributed by atoms with Crippen molar-refractivity contribution in [3.8, 4) is 0 Å². The molecule has 0 aliphatic carbocycles. The molecule has 0 saturated carbocycles. The minimum Gasteiger partial charge on any atom is -0.759 e. The topological polar surface area (TPSA) is 241 Å². The van der Waals surface area contributed by atoms with Crippen LogP contribution in [-0.4, -0.2) is 59.3 Å². The summed E-state index contributed by atoms with van der Waals surface area (Å²) in [4.78, 5) is 17.6. The Balaban J connectivity index is -0.0000000385. The van der Waals surface area contributed by atoms with Crippen molar-refractivity contribution in [3.05, 3.63) is 0 Å². The van der Waals surface area contributed by atoms with Crippen molar-refractivity contribution in [3.63, 3.8) is 0 Å². The normalized spacial score (nSPS) is 10.1. The van der Waals surface area contributed by atoms with Gasteiger partial charge in [-0.15, -0.1) is 0 Å². The first-order valence-corrected chi connectivity index (χ1v) is 6.45. The number of hydrogen-bond acceptors (Lipinski definition) is 12. The van der Waals surface area contributed by atoms with Crippen molar-refractivity contribution in [2.45, 2.75) is 12.4 Å². The van der Waals surface area contributed by atoms with E-state index >= 15 is 0 Å². The Morgan fingerprint density at radius 1 is 0.556 bits per heavy atom. The second kappa shape index (κ2) is 17.9. The van der Waals surface area contributed by atoms with Gasteiger partial charge >= 0.3 is 63.6 Å². The molecule has 0 aliphatic heterocycles. The molecule has 0 aliphatic rings. The zero-order chi connectivity index (χ0) is 21.2. The summed E-state index contributed by atoms with van der Waals surface area (Å²) in [6.07, 6.45) is -10.4. The van der Waals surface area contributed by atoms with Crippen LogP contribution in [0.2, 0.25) is 0 Å². The van der Waals surface area contributed by atoms with Crippen LogP contribution in [0.4, 0.5) is 26.3 Å². The molecule has 0 N–H and O–H groups in total. The van der Waals surface area contributed by atoms with Gasteiger partial charge in [0.25, 0.3) is 0 Å². The predicted octanol–water partition coefficient (Wildman–Crippen LogP) is -4.09. The van der Waals surface area contributed by atoms with Gasteiger partial charge in [-0.3, -0.25) is 16.8 Å². The molecule has 175 valence electrons. The van der Waals surface area contributed by atoms with Crippen LogP contribution in [0.1, 0.15) is 0 Å².